The molecule has 0 N–H and O–H groups in total. The minimum Gasteiger partial charge on any atom is -0.480 e. The molecule has 3 rings (SSSR count). The highest BCUT2D eigenvalue weighted by Gasteiger charge is 2.21. The van der Waals surface area contributed by atoms with Gasteiger partial charge in [0.25, 0.3) is 5.91 Å². The highest BCUT2D eigenvalue weighted by molar-refractivity contribution is 6.43. The molecule has 0 aromatic heterocycles. The summed E-state index contributed by atoms with van der Waals surface area (Å²) in [4.78, 5) is 25.8. The van der Waals surface area contributed by atoms with Gasteiger partial charge in [0.1, 0.15) is 5.75 Å². The number of hydrogen-bond acceptors (Lipinski definition) is 4. The van der Waals surface area contributed by atoms with Crippen LogP contribution in [0.1, 0.15) is 11.1 Å². The maximum absolute atomic E-state index is 12.3. The van der Waals surface area contributed by atoms with Crippen LogP contribution in [0.15, 0.2) is 36.4 Å². The number of rotatable bonds is 5. The molecule has 0 fully saturated rings. The lowest BCUT2D eigenvalue weighted by molar-refractivity contribution is -0.154. The van der Waals surface area contributed by atoms with Crippen LogP contribution in [0.5, 0.6) is 5.75 Å². The molecule has 1 amide bonds. The lowest BCUT2D eigenvalue weighted by Gasteiger charge is -2.28. The molecule has 0 atom stereocenters. The summed E-state index contributed by atoms with van der Waals surface area (Å²) >= 11 is 17.7. The van der Waals surface area contributed by atoms with Crippen molar-refractivity contribution < 1.29 is 19.1 Å². The first-order valence-corrected chi connectivity index (χ1v) is 9.35. The van der Waals surface area contributed by atoms with E-state index in [0.29, 0.717) is 13.1 Å². The number of carbonyl (C=O) groups excluding carboxylic acids is 2. The molecule has 0 bridgehead atoms. The molecule has 0 saturated heterocycles. The Morgan fingerprint density at radius 1 is 0.963 bits per heavy atom. The summed E-state index contributed by atoms with van der Waals surface area (Å²) in [6.45, 7) is 0.387. The van der Waals surface area contributed by atoms with Gasteiger partial charge in [0.2, 0.25) is 0 Å². The summed E-state index contributed by atoms with van der Waals surface area (Å²) in [5.74, 6) is -0.713. The van der Waals surface area contributed by atoms with Crippen molar-refractivity contribution in [3.63, 3.8) is 0 Å². The van der Waals surface area contributed by atoms with Crippen LogP contribution < -0.4 is 4.74 Å². The largest absolute Gasteiger partial charge is 0.480 e. The van der Waals surface area contributed by atoms with Crippen molar-refractivity contribution in [3.8, 4) is 5.75 Å². The van der Waals surface area contributed by atoms with E-state index in [-0.39, 0.29) is 33.3 Å². The Hall–Kier alpha value is -1.95. The number of amides is 1. The molecular formula is C19H16Cl3NO4. The van der Waals surface area contributed by atoms with Gasteiger partial charge in [0, 0.05) is 19.2 Å². The third kappa shape index (κ3) is 5.06. The predicted molar refractivity (Wildman–Crippen MR) is 103 cm³/mol. The van der Waals surface area contributed by atoms with Crippen LogP contribution in [0.2, 0.25) is 15.1 Å². The molecule has 1 aliphatic rings. The van der Waals surface area contributed by atoms with E-state index in [4.69, 9.17) is 44.3 Å². The van der Waals surface area contributed by atoms with Crippen molar-refractivity contribution >= 4 is 46.7 Å². The summed E-state index contributed by atoms with van der Waals surface area (Å²) in [5, 5.41) is 0.760. The first-order valence-electron chi connectivity index (χ1n) is 8.21. The van der Waals surface area contributed by atoms with Gasteiger partial charge in [0.05, 0.1) is 15.1 Å². The Bertz CT molecular complexity index is 872. The fourth-order valence-corrected chi connectivity index (χ4v) is 3.33. The average molecular weight is 429 g/mol. The number of hydrogen-bond donors (Lipinski definition) is 0. The molecule has 0 unspecified atom stereocenters. The topological polar surface area (TPSA) is 55.8 Å². The van der Waals surface area contributed by atoms with Crippen LogP contribution in [0.25, 0.3) is 0 Å². The number of benzene rings is 2. The van der Waals surface area contributed by atoms with Gasteiger partial charge < -0.3 is 14.4 Å². The second-order valence-corrected chi connectivity index (χ2v) is 7.20. The fraction of sp³-hybridized carbons (Fsp3) is 0.263. The van der Waals surface area contributed by atoms with Crippen molar-refractivity contribution in [2.24, 2.45) is 0 Å². The number of esters is 1. The second kappa shape index (κ2) is 8.83. The predicted octanol–water partition coefficient (Wildman–Crippen LogP) is 4.15. The Morgan fingerprint density at radius 2 is 1.67 bits per heavy atom. The minimum absolute atomic E-state index is 0.210. The van der Waals surface area contributed by atoms with Gasteiger partial charge in [-0.3, -0.25) is 4.79 Å². The van der Waals surface area contributed by atoms with Gasteiger partial charge in [-0.05, 0) is 23.6 Å². The number of nitrogens with zero attached hydrogens (tertiary/aromatic N) is 1. The van der Waals surface area contributed by atoms with Crippen molar-refractivity contribution in [1.82, 2.24) is 4.90 Å². The highest BCUT2D eigenvalue weighted by atomic mass is 35.5. The summed E-state index contributed by atoms with van der Waals surface area (Å²) < 4.78 is 10.3. The zero-order valence-electron chi connectivity index (χ0n) is 14.2. The molecule has 0 radical (unpaired) electrons. The molecule has 0 spiro atoms. The van der Waals surface area contributed by atoms with Crippen molar-refractivity contribution in [3.05, 3.63) is 62.6 Å². The molecule has 1 aliphatic heterocycles. The van der Waals surface area contributed by atoms with Crippen molar-refractivity contribution in [1.29, 1.82) is 0 Å². The van der Waals surface area contributed by atoms with E-state index in [1.165, 1.54) is 17.7 Å². The van der Waals surface area contributed by atoms with Crippen LogP contribution >= 0.6 is 34.8 Å². The fourth-order valence-electron chi connectivity index (χ4n) is 2.74. The summed E-state index contributed by atoms with van der Waals surface area (Å²) in [7, 11) is 0. The van der Waals surface area contributed by atoms with E-state index in [9.17, 15) is 9.59 Å². The van der Waals surface area contributed by atoms with E-state index in [1.807, 2.05) is 18.2 Å². The zero-order chi connectivity index (χ0) is 19.4. The number of fused-ring (bicyclic) bond motifs is 1. The number of ether oxygens (including phenoxy) is 2. The first-order chi connectivity index (χ1) is 12.9. The monoisotopic (exact) mass is 427 g/mol. The molecule has 142 valence electrons. The standard InChI is InChI=1S/C19H16Cl3NO4/c20-14-7-16(22)17(8-15(14)21)26-11-19(25)27-10-18(24)23-6-5-12-3-1-2-4-13(12)9-23/h1-4,7-8H,5-6,9-11H2. The quantitative estimate of drug-likeness (QED) is 0.530. The molecule has 2 aromatic carbocycles. The van der Waals surface area contributed by atoms with Gasteiger partial charge in [-0.1, -0.05) is 59.1 Å². The summed E-state index contributed by atoms with van der Waals surface area (Å²) in [5.41, 5.74) is 2.35. The number of carbonyl (C=O) groups is 2. The molecule has 0 aliphatic carbocycles. The molecule has 8 heteroatoms. The summed E-state index contributed by atoms with van der Waals surface area (Å²) in [6, 6.07) is 10.8. The smallest absolute Gasteiger partial charge is 0.344 e. The van der Waals surface area contributed by atoms with Gasteiger partial charge >= 0.3 is 5.97 Å². The van der Waals surface area contributed by atoms with Crippen LogP contribution in [0.3, 0.4) is 0 Å². The maximum atomic E-state index is 12.3. The maximum Gasteiger partial charge on any atom is 0.344 e. The van der Waals surface area contributed by atoms with Gasteiger partial charge in [-0.2, -0.15) is 0 Å². The zero-order valence-corrected chi connectivity index (χ0v) is 16.5. The Morgan fingerprint density at radius 3 is 2.44 bits per heavy atom. The third-order valence-corrected chi connectivity index (χ3v) is 5.18. The van der Waals surface area contributed by atoms with E-state index in [1.54, 1.807) is 4.90 Å². The SMILES string of the molecule is O=C(COc1cc(Cl)c(Cl)cc1Cl)OCC(=O)N1CCc2ccccc2C1. The van der Waals surface area contributed by atoms with Gasteiger partial charge in [-0.15, -0.1) is 0 Å². The highest BCUT2D eigenvalue weighted by Crippen LogP contribution is 2.33. The van der Waals surface area contributed by atoms with Crippen LogP contribution in [0, 0.1) is 0 Å². The molecule has 5 nitrogen and oxygen atoms in total. The van der Waals surface area contributed by atoms with Crippen molar-refractivity contribution in [2.45, 2.75) is 13.0 Å². The van der Waals surface area contributed by atoms with Crippen LogP contribution in [0.4, 0.5) is 0 Å². The van der Waals surface area contributed by atoms with E-state index in [2.05, 4.69) is 6.07 Å². The van der Waals surface area contributed by atoms with Crippen molar-refractivity contribution in [2.75, 3.05) is 19.8 Å². The Labute approximate surface area is 171 Å². The normalized spacial score (nSPS) is 13.1. The lowest BCUT2D eigenvalue weighted by Crippen LogP contribution is -2.38. The Balaban J connectivity index is 1.47. The molecule has 0 saturated carbocycles. The van der Waals surface area contributed by atoms with Gasteiger partial charge in [0.15, 0.2) is 13.2 Å². The minimum atomic E-state index is -0.678. The van der Waals surface area contributed by atoms with E-state index < -0.39 is 12.6 Å². The third-order valence-electron chi connectivity index (χ3n) is 4.16. The van der Waals surface area contributed by atoms with Crippen LogP contribution in [-0.4, -0.2) is 36.5 Å². The van der Waals surface area contributed by atoms with E-state index >= 15 is 0 Å². The second-order valence-electron chi connectivity index (χ2n) is 5.98. The lowest BCUT2D eigenvalue weighted by atomic mass is 10.00. The van der Waals surface area contributed by atoms with Crippen LogP contribution in [-0.2, 0) is 27.3 Å². The molecular weight excluding hydrogens is 413 g/mol. The Kier molecular flexibility index (Phi) is 6.47. The summed E-state index contributed by atoms with van der Waals surface area (Å²) in [6.07, 6.45) is 0.787. The van der Waals surface area contributed by atoms with E-state index in [0.717, 1.165) is 12.0 Å². The average Bonchev–Trinajstić information content (AvgIpc) is 2.67. The van der Waals surface area contributed by atoms with Gasteiger partial charge in [-0.25, -0.2) is 4.79 Å². The number of halogens is 3. The molecule has 1 heterocycles. The molecule has 2 aromatic rings. The first kappa shape index (κ1) is 19.8. The molecule has 27 heavy (non-hydrogen) atoms.